The van der Waals surface area contributed by atoms with Crippen molar-refractivity contribution < 1.29 is 13.9 Å². The predicted molar refractivity (Wildman–Crippen MR) is 72.9 cm³/mol. The molecular formula is C15H23F2NO. The number of halogens is 2. The van der Waals surface area contributed by atoms with Gasteiger partial charge in [-0.25, -0.2) is 8.78 Å². The summed E-state index contributed by atoms with van der Waals surface area (Å²) in [7, 11) is 0. The molecule has 4 heteroatoms. The van der Waals surface area contributed by atoms with Gasteiger partial charge in [0, 0.05) is 24.3 Å². The third-order valence-corrected chi connectivity index (χ3v) is 3.34. The monoisotopic (exact) mass is 271 g/mol. The molecule has 0 fully saturated rings. The number of aliphatic hydroxyl groups is 1. The average Bonchev–Trinajstić information content (AvgIpc) is 2.34. The summed E-state index contributed by atoms with van der Waals surface area (Å²) in [5, 5.41) is 12.3. The van der Waals surface area contributed by atoms with E-state index >= 15 is 0 Å². The van der Waals surface area contributed by atoms with Gasteiger partial charge in [-0.3, -0.25) is 0 Å². The highest BCUT2D eigenvalue weighted by Gasteiger charge is 2.16. The van der Waals surface area contributed by atoms with Gasteiger partial charge in [0.15, 0.2) is 0 Å². The van der Waals surface area contributed by atoms with E-state index in [2.05, 4.69) is 5.32 Å². The highest BCUT2D eigenvalue weighted by atomic mass is 19.1. The Hall–Kier alpha value is -1.00. The van der Waals surface area contributed by atoms with Crippen molar-refractivity contribution in [3.05, 3.63) is 35.4 Å². The lowest BCUT2D eigenvalue weighted by molar-refractivity contribution is 0.147. The topological polar surface area (TPSA) is 32.3 Å². The molecule has 0 aliphatic rings. The van der Waals surface area contributed by atoms with Gasteiger partial charge < -0.3 is 10.4 Å². The van der Waals surface area contributed by atoms with Crippen molar-refractivity contribution in [2.75, 3.05) is 13.2 Å². The Bertz CT molecular complexity index is 407. The molecule has 1 aromatic carbocycles. The van der Waals surface area contributed by atoms with Gasteiger partial charge in [-0.15, -0.1) is 0 Å². The molecule has 108 valence electrons. The summed E-state index contributed by atoms with van der Waals surface area (Å²) in [6.07, 6.45) is 1.80. The van der Waals surface area contributed by atoms with Crippen LogP contribution in [0.4, 0.5) is 8.78 Å². The summed E-state index contributed by atoms with van der Waals surface area (Å²) >= 11 is 0. The van der Waals surface area contributed by atoms with E-state index in [1.807, 2.05) is 20.8 Å². The minimum Gasteiger partial charge on any atom is -0.396 e. The van der Waals surface area contributed by atoms with Gasteiger partial charge in [0.1, 0.15) is 11.6 Å². The summed E-state index contributed by atoms with van der Waals surface area (Å²) < 4.78 is 26.3. The summed E-state index contributed by atoms with van der Waals surface area (Å²) in [5.74, 6) is -1.08. The third kappa shape index (κ3) is 5.25. The molecule has 0 aromatic heterocycles. The zero-order valence-corrected chi connectivity index (χ0v) is 11.8. The maximum atomic E-state index is 13.5. The van der Waals surface area contributed by atoms with Gasteiger partial charge >= 0.3 is 0 Å². The fraction of sp³-hybridized carbons (Fsp3) is 0.600. The second-order valence-electron chi connectivity index (χ2n) is 5.77. The quantitative estimate of drug-likeness (QED) is 0.745. The van der Waals surface area contributed by atoms with Crippen molar-refractivity contribution in [1.29, 1.82) is 0 Å². The van der Waals surface area contributed by atoms with E-state index in [-0.39, 0.29) is 18.1 Å². The standard InChI is InChI=1S/C15H23F2NO/c1-11(13-6-5-12(16)9-14(13)17)18-8-4-7-15(2,3)10-19/h5-6,9,11,18-19H,4,7-8,10H2,1-3H3. The van der Waals surface area contributed by atoms with Gasteiger partial charge in [-0.1, -0.05) is 19.9 Å². The Balaban J connectivity index is 2.41. The molecule has 1 rings (SSSR count). The third-order valence-electron chi connectivity index (χ3n) is 3.34. The fourth-order valence-electron chi connectivity index (χ4n) is 1.93. The normalized spacial score (nSPS) is 13.6. The Morgan fingerprint density at radius 1 is 1.32 bits per heavy atom. The molecule has 0 bridgehead atoms. The zero-order valence-electron chi connectivity index (χ0n) is 11.8. The molecule has 0 aliphatic heterocycles. The number of aliphatic hydroxyl groups excluding tert-OH is 1. The van der Waals surface area contributed by atoms with Crippen molar-refractivity contribution in [3.63, 3.8) is 0 Å². The van der Waals surface area contributed by atoms with Crippen molar-refractivity contribution >= 4 is 0 Å². The first-order chi connectivity index (χ1) is 8.85. The molecule has 0 spiro atoms. The van der Waals surface area contributed by atoms with Gasteiger partial charge in [0.2, 0.25) is 0 Å². The van der Waals surface area contributed by atoms with Crippen LogP contribution in [0.1, 0.15) is 45.2 Å². The van der Waals surface area contributed by atoms with Crippen LogP contribution in [-0.2, 0) is 0 Å². The first-order valence-electron chi connectivity index (χ1n) is 6.65. The van der Waals surface area contributed by atoms with Crippen LogP contribution < -0.4 is 5.32 Å². The zero-order chi connectivity index (χ0) is 14.5. The molecule has 19 heavy (non-hydrogen) atoms. The van der Waals surface area contributed by atoms with E-state index in [0.29, 0.717) is 5.56 Å². The number of hydrogen-bond donors (Lipinski definition) is 2. The van der Waals surface area contributed by atoms with Crippen LogP contribution in [-0.4, -0.2) is 18.3 Å². The molecule has 2 nitrogen and oxygen atoms in total. The molecule has 0 saturated heterocycles. The Morgan fingerprint density at radius 3 is 2.58 bits per heavy atom. The second-order valence-corrected chi connectivity index (χ2v) is 5.77. The van der Waals surface area contributed by atoms with Gasteiger partial charge in [-0.05, 0) is 37.8 Å². The maximum Gasteiger partial charge on any atom is 0.130 e. The molecule has 0 heterocycles. The Morgan fingerprint density at radius 2 is 2.00 bits per heavy atom. The SMILES string of the molecule is CC(NCCCC(C)(C)CO)c1ccc(F)cc1F. The van der Waals surface area contributed by atoms with Crippen LogP contribution in [0.25, 0.3) is 0 Å². The molecule has 1 aromatic rings. The van der Waals surface area contributed by atoms with E-state index in [1.165, 1.54) is 12.1 Å². The smallest absolute Gasteiger partial charge is 0.130 e. The van der Waals surface area contributed by atoms with Crippen LogP contribution in [0.2, 0.25) is 0 Å². The first-order valence-corrected chi connectivity index (χ1v) is 6.65. The predicted octanol–water partition coefficient (Wildman–Crippen LogP) is 3.41. The minimum atomic E-state index is -0.557. The summed E-state index contributed by atoms with van der Waals surface area (Å²) in [5.41, 5.74) is 0.397. The van der Waals surface area contributed by atoms with E-state index in [1.54, 1.807) is 0 Å². The average molecular weight is 271 g/mol. The first kappa shape index (κ1) is 16.1. The highest BCUT2D eigenvalue weighted by Crippen LogP contribution is 2.21. The van der Waals surface area contributed by atoms with E-state index in [4.69, 9.17) is 5.11 Å². The molecule has 1 unspecified atom stereocenters. The molecule has 0 radical (unpaired) electrons. The van der Waals surface area contributed by atoms with E-state index in [9.17, 15) is 8.78 Å². The van der Waals surface area contributed by atoms with Crippen molar-refractivity contribution in [2.45, 2.75) is 39.7 Å². The maximum absolute atomic E-state index is 13.5. The van der Waals surface area contributed by atoms with Crippen LogP contribution in [0.5, 0.6) is 0 Å². The largest absolute Gasteiger partial charge is 0.396 e. The minimum absolute atomic E-state index is 0.0773. The molecular weight excluding hydrogens is 248 g/mol. The molecule has 0 aliphatic carbocycles. The number of rotatable bonds is 7. The number of nitrogens with one attached hydrogen (secondary N) is 1. The lowest BCUT2D eigenvalue weighted by atomic mass is 9.89. The van der Waals surface area contributed by atoms with Gasteiger partial charge in [-0.2, -0.15) is 0 Å². The van der Waals surface area contributed by atoms with Crippen LogP contribution in [0.3, 0.4) is 0 Å². The summed E-state index contributed by atoms with van der Waals surface area (Å²) in [4.78, 5) is 0. The van der Waals surface area contributed by atoms with Crippen molar-refractivity contribution in [3.8, 4) is 0 Å². The molecule has 1 atom stereocenters. The summed E-state index contributed by atoms with van der Waals surface area (Å²) in [6.45, 7) is 6.77. The number of hydrogen-bond acceptors (Lipinski definition) is 2. The highest BCUT2D eigenvalue weighted by molar-refractivity contribution is 5.21. The van der Waals surface area contributed by atoms with E-state index in [0.717, 1.165) is 25.5 Å². The second kappa shape index (κ2) is 6.96. The van der Waals surface area contributed by atoms with Crippen LogP contribution >= 0.6 is 0 Å². The molecule has 0 saturated carbocycles. The van der Waals surface area contributed by atoms with Crippen molar-refractivity contribution in [2.24, 2.45) is 5.41 Å². The Kier molecular flexibility index (Phi) is 5.88. The number of benzene rings is 1. The van der Waals surface area contributed by atoms with E-state index < -0.39 is 11.6 Å². The van der Waals surface area contributed by atoms with Gasteiger partial charge in [0.05, 0.1) is 0 Å². The van der Waals surface area contributed by atoms with Crippen LogP contribution in [0.15, 0.2) is 18.2 Å². The lowest BCUT2D eigenvalue weighted by Crippen LogP contribution is -2.23. The van der Waals surface area contributed by atoms with Crippen LogP contribution in [0, 0.1) is 17.0 Å². The van der Waals surface area contributed by atoms with Crippen molar-refractivity contribution in [1.82, 2.24) is 5.32 Å². The fourth-order valence-corrected chi connectivity index (χ4v) is 1.93. The molecule has 0 amide bonds. The Labute approximate surface area is 113 Å². The van der Waals surface area contributed by atoms with Gasteiger partial charge in [0.25, 0.3) is 0 Å². The lowest BCUT2D eigenvalue weighted by Gasteiger charge is -2.22. The molecule has 2 N–H and O–H groups in total. The summed E-state index contributed by atoms with van der Waals surface area (Å²) in [6, 6.07) is 3.49.